The number of para-hydroxylation sites is 2. The fourth-order valence-corrected chi connectivity index (χ4v) is 3.58. The summed E-state index contributed by atoms with van der Waals surface area (Å²) in [5, 5.41) is 3.06. The summed E-state index contributed by atoms with van der Waals surface area (Å²) >= 11 is 0. The van der Waals surface area contributed by atoms with Crippen molar-refractivity contribution in [2.75, 3.05) is 25.0 Å². The molecule has 0 unspecified atom stereocenters. The lowest BCUT2D eigenvalue weighted by Gasteiger charge is -2.39. The molecule has 4 nitrogen and oxygen atoms in total. The zero-order valence-electron chi connectivity index (χ0n) is 13.7. The molecule has 1 amide bonds. The average molecular weight is 322 g/mol. The van der Waals surface area contributed by atoms with E-state index in [1.807, 2.05) is 30.3 Å². The molecule has 0 radical (unpaired) electrons. The van der Waals surface area contributed by atoms with Crippen LogP contribution in [0.5, 0.6) is 5.75 Å². The second-order valence-corrected chi connectivity index (χ2v) is 6.78. The third kappa shape index (κ3) is 2.89. The van der Waals surface area contributed by atoms with Crippen LogP contribution in [0.15, 0.2) is 54.6 Å². The topological polar surface area (TPSA) is 41.6 Å². The van der Waals surface area contributed by atoms with Gasteiger partial charge in [-0.15, -0.1) is 0 Å². The molecular weight excluding hydrogens is 300 g/mol. The van der Waals surface area contributed by atoms with Crippen molar-refractivity contribution < 1.29 is 9.53 Å². The first kappa shape index (κ1) is 15.2. The quantitative estimate of drug-likeness (QED) is 0.922. The molecule has 4 rings (SSSR count). The predicted molar refractivity (Wildman–Crippen MR) is 94.0 cm³/mol. The van der Waals surface area contributed by atoms with Gasteiger partial charge >= 0.3 is 0 Å². The van der Waals surface area contributed by atoms with Crippen molar-refractivity contribution >= 4 is 11.6 Å². The summed E-state index contributed by atoms with van der Waals surface area (Å²) in [7, 11) is 0. The van der Waals surface area contributed by atoms with Crippen LogP contribution in [0, 0.1) is 5.41 Å². The van der Waals surface area contributed by atoms with E-state index in [1.165, 1.54) is 5.56 Å². The fraction of sp³-hybridized carbons (Fsp3) is 0.350. The largest absolute Gasteiger partial charge is 0.490 e. The Morgan fingerprint density at radius 3 is 2.50 bits per heavy atom. The Morgan fingerprint density at radius 2 is 1.71 bits per heavy atom. The number of amides is 1. The van der Waals surface area contributed by atoms with Gasteiger partial charge in [0.05, 0.1) is 11.1 Å². The number of nitrogens with zero attached hydrogens (tertiary/aromatic N) is 1. The Hall–Kier alpha value is -2.33. The molecule has 0 saturated carbocycles. The van der Waals surface area contributed by atoms with Gasteiger partial charge < -0.3 is 10.1 Å². The maximum atomic E-state index is 12.8. The standard InChI is InChI=1S/C20H22N2O2/c23-19-20(15-24-18-9-5-4-8-17(18)21-19)10-12-22(13-11-20)14-16-6-2-1-3-7-16/h1-9H,10-15H2,(H,21,23). The molecule has 1 spiro atoms. The Balaban J connectivity index is 1.44. The van der Waals surface area contributed by atoms with Crippen molar-refractivity contribution in [1.29, 1.82) is 0 Å². The molecule has 1 fully saturated rings. The van der Waals surface area contributed by atoms with Crippen molar-refractivity contribution in [3.63, 3.8) is 0 Å². The minimum Gasteiger partial charge on any atom is -0.490 e. The zero-order chi connectivity index (χ0) is 16.4. The van der Waals surface area contributed by atoms with Crippen LogP contribution in [0.4, 0.5) is 5.69 Å². The van der Waals surface area contributed by atoms with Crippen molar-refractivity contribution in [2.24, 2.45) is 5.41 Å². The number of hydrogen-bond acceptors (Lipinski definition) is 3. The highest BCUT2D eigenvalue weighted by Crippen LogP contribution is 2.38. The monoisotopic (exact) mass is 322 g/mol. The highest BCUT2D eigenvalue weighted by Gasteiger charge is 2.43. The number of piperidine rings is 1. The van der Waals surface area contributed by atoms with Gasteiger partial charge in [-0.2, -0.15) is 0 Å². The van der Waals surface area contributed by atoms with E-state index in [2.05, 4.69) is 34.5 Å². The molecular formula is C20H22N2O2. The van der Waals surface area contributed by atoms with Crippen LogP contribution >= 0.6 is 0 Å². The molecule has 2 aromatic carbocycles. The summed E-state index contributed by atoms with van der Waals surface area (Å²) < 4.78 is 5.96. The van der Waals surface area contributed by atoms with E-state index in [0.717, 1.165) is 43.9 Å². The first-order valence-electron chi connectivity index (χ1n) is 8.55. The van der Waals surface area contributed by atoms with Crippen LogP contribution in [0.25, 0.3) is 0 Å². The van der Waals surface area contributed by atoms with Crippen molar-refractivity contribution in [1.82, 2.24) is 4.90 Å². The van der Waals surface area contributed by atoms with E-state index < -0.39 is 5.41 Å². The molecule has 2 aliphatic rings. The Kier molecular flexibility index (Phi) is 3.98. The van der Waals surface area contributed by atoms with Gasteiger partial charge in [-0.3, -0.25) is 9.69 Å². The molecule has 0 atom stereocenters. The van der Waals surface area contributed by atoms with E-state index in [0.29, 0.717) is 6.61 Å². The van der Waals surface area contributed by atoms with Gasteiger partial charge in [-0.25, -0.2) is 0 Å². The first-order valence-corrected chi connectivity index (χ1v) is 8.55. The summed E-state index contributed by atoms with van der Waals surface area (Å²) in [4.78, 5) is 15.2. The molecule has 124 valence electrons. The lowest BCUT2D eigenvalue weighted by atomic mass is 9.78. The molecule has 2 aromatic rings. The molecule has 0 bridgehead atoms. The number of carbonyl (C=O) groups is 1. The highest BCUT2D eigenvalue weighted by atomic mass is 16.5. The molecule has 1 N–H and O–H groups in total. The summed E-state index contributed by atoms with van der Waals surface area (Å²) in [6, 6.07) is 18.2. The predicted octanol–water partition coefficient (Wildman–Crippen LogP) is 3.30. The smallest absolute Gasteiger partial charge is 0.234 e. The molecule has 0 aliphatic carbocycles. The molecule has 2 heterocycles. The van der Waals surface area contributed by atoms with Crippen LogP contribution in [-0.2, 0) is 11.3 Å². The van der Waals surface area contributed by atoms with Crippen LogP contribution in [0.2, 0.25) is 0 Å². The maximum absolute atomic E-state index is 12.8. The van der Waals surface area contributed by atoms with E-state index in [4.69, 9.17) is 4.74 Å². The van der Waals surface area contributed by atoms with Gasteiger partial charge in [0.25, 0.3) is 0 Å². The molecule has 4 heteroatoms. The number of carbonyl (C=O) groups excluding carboxylic acids is 1. The van der Waals surface area contributed by atoms with Crippen molar-refractivity contribution in [3.05, 3.63) is 60.2 Å². The summed E-state index contributed by atoms with van der Waals surface area (Å²) in [6.45, 7) is 3.25. The zero-order valence-corrected chi connectivity index (χ0v) is 13.7. The first-order chi connectivity index (χ1) is 11.8. The van der Waals surface area contributed by atoms with E-state index >= 15 is 0 Å². The van der Waals surface area contributed by atoms with Crippen LogP contribution in [0.3, 0.4) is 0 Å². The van der Waals surface area contributed by atoms with Crippen LogP contribution in [-0.4, -0.2) is 30.5 Å². The molecule has 1 saturated heterocycles. The van der Waals surface area contributed by atoms with E-state index in [-0.39, 0.29) is 5.91 Å². The number of hydrogen-bond donors (Lipinski definition) is 1. The number of rotatable bonds is 2. The molecule has 2 aliphatic heterocycles. The Morgan fingerprint density at radius 1 is 1.00 bits per heavy atom. The van der Waals surface area contributed by atoms with Gasteiger partial charge in [0, 0.05) is 6.54 Å². The van der Waals surface area contributed by atoms with E-state index in [9.17, 15) is 4.79 Å². The van der Waals surface area contributed by atoms with Crippen LogP contribution in [0.1, 0.15) is 18.4 Å². The van der Waals surface area contributed by atoms with Gasteiger partial charge in [-0.05, 0) is 43.6 Å². The lowest BCUT2D eigenvalue weighted by molar-refractivity contribution is -0.130. The van der Waals surface area contributed by atoms with Gasteiger partial charge in [-0.1, -0.05) is 42.5 Å². The number of fused-ring (bicyclic) bond motifs is 1. The number of benzene rings is 2. The Bertz CT molecular complexity index is 721. The van der Waals surface area contributed by atoms with Crippen molar-refractivity contribution in [3.8, 4) is 5.75 Å². The molecule has 0 aromatic heterocycles. The summed E-state index contributed by atoms with van der Waals surface area (Å²) in [6.07, 6.45) is 1.67. The minimum absolute atomic E-state index is 0.104. The lowest BCUT2D eigenvalue weighted by Crippen LogP contribution is -2.48. The normalized spacial score (nSPS) is 19.9. The second-order valence-electron chi connectivity index (χ2n) is 6.78. The summed E-state index contributed by atoms with van der Waals surface area (Å²) in [5.41, 5.74) is 1.69. The maximum Gasteiger partial charge on any atom is 0.234 e. The van der Waals surface area contributed by atoms with E-state index in [1.54, 1.807) is 0 Å². The number of anilines is 1. The molecule has 24 heavy (non-hydrogen) atoms. The minimum atomic E-state index is -0.411. The summed E-state index contributed by atoms with van der Waals surface area (Å²) in [5.74, 6) is 0.876. The third-order valence-corrected chi connectivity index (χ3v) is 5.18. The van der Waals surface area contributed by atoms with Gasteiger partial charge in [0.1, 0.15) is 12.4 Å². The Labute approximate surface area is 142 Å². The fourth-order valence-electron chi connectivity index (χ4n) is 3.58. The second kappa shape index (κ2) is 6.29. The van der Waals surface area contributed by atoms with Crippen molar-refractivity contribution in [2.45, 2.75) is 19.4 Å². The third-order valence-electron chi connectivity index (χ3n) is 5.18. The highest BCUT2D eigenvalue weighted by molar-refractivity contribution is 5.97. The SMILES string of the molecule is O=C1Nc2ccccc2OCC12CCN(Cc1ccccc1)CC2. The van der Waals surface area contributed by atoms with Gasteiger partial charge in [0.2, 0.25) is 5.91 Å². The van der Waals surface area contributed by atoms with Gasteiger partial charge in [0.15, 0.2) is 0 Å². The van der Waals surface area contributed by atoms with Crippen LogP contribution < -0.4 is 10.1 Å². The number of likely N-dealkylation sites (tertiary alicyclic amines) is 1. The average Bonchev–Trinajstić information content (AvgIpc) is 2.76. The number of nitrogens with one attached hydrogen (secondary N) is 1. The number of ether oxygens (including phenoxy) is 1.